The van der Waals surface area contributed by atoms with Gasteiger partial charge < -0.3 is 0 Å². The molecule has 636 valence electrons. The van der Waals surface area contributed by atoms with Crippen LogP contribution in [0.3, 0.4) is 0 Å². The van der Waals surface area contributed by atoms with Crippen LogP contribution in [0.25, 0.3) is 0 Å². The van der Waals surface area contributed by atoms with Crippen molar-refractivity contribution >= 4 is 60.7 Å². The number of hydrogen-bond acceptors (Lipinski definition) is 12. The summed E-state index contributed by atoms with van der Waals surface area (Å²) >= 11 is 0. The summed E-state index contributed by atoms with van der Waals surface area (Å²) in [4.78, 5) is 0. The van der Waals surface area contributed by atoms with E-state index in [-0.39, 0.29) is 0 Å². The zero-order valence-electron chi connectivity index (χ0n) is 69.3. The molecule has 0 aliphatic carbocycles. The second kappa shape index (κ2) is 79.1. The molecule has 0 amide bonds. The maximum absolute atomic E-state index is 10.8. The Kier molecular flexibility index (Phi) is 87.0. The summed E-state index contributed by atoms with van der Waals surface area (Å²) in [6.45, 7) is 22.7. The molecule has 0 saturated carbocycles. The van der Waals surface area contributed by atoms with Crippen molar-refractivity contribution in [3.8, 4) is 0 Å². The lowest BCUT2D eigenvalue weighted by molar-refractivity contribution is 0.459. The highest BCUT2D eigenvalue weighted by molar-refractivity contribution is 7.87. The van der Waals surface area contributed by atoms with Crippen LogP contribution in [0.5, 0.6) is 0 Å². The standard InChI is InChI=1S/C16H34O3S.C15H32O3S.C14H30O3S.C13H28O3S.C12H26O3S.C10H22O3S/c1-3-4-5-6-7-8-9-10-11-12-13-14-15-16(2)20(17,18)19;1-3-4-5-6-7-8-9-10-11-12-13-14-15(2)19(16,17)18;1-3-4-5-6-7-8-9-10-11-12-13-14(2)18(15,16)17;1-3-4-5-6-7-8-9-10-11-12-13(2)17(14,15)16;1-3-4-5-6-7-8-9-10-11-12(2)16(13,14)15;1-3-4-5-6-7-8-9-10(2)14(11,12)13/h16H,3-15H2,1-2H3,(H,17,18,19);15H,3-14H2,1-2H3,(H,16,17,18);14H,3-13H2,1-2H3,(H,15,16,17);13H,3-12H2,1-2H3,(H,14,15,16);12H,3-11H2,1-2H3,(H,13,14,15);10H,3-9H2,1-2H3,(H,11,12,13). The van der Waals surface area contributed by atoms with Gasteiger partial charge in [0, 0.05) is 0 Å². The van der Waals surface area contributed by atoms with E-state index >= 15 is 0 Å². The predicted octanol–water partition coefficient (Wildman–Crippen LogP) is 25.9. The largest absolute Gasteiger partial charge is 0.285 e. The summed E-state index contributed by atoms with van der Waals surface area (Å²) in [5, 5.41) is -3.63. The summed E-state index contributed by atoms with van der Waals surface area (Å²) in [5.41, 5.74) is 0. The van der Waals surface area contributed by atoms with Crippen LogP contribution in [0.4, 0.5) is 0 Å². The van der Waals surface area contributed by atoms with Crippen molar-refractivity contribution in [2.45, 2.75) is 513 Å². The van der Waals surface area contributed by atoms with Gasteiger partial charge in [0.15, 0.2) is 0 Å². The van der Waals surface area contributed by atoms with E-state index in [1.165, 1.54) is 283 Å². The summed E-state index contributed by atoms with van der Waals surface area (Å²) < 4.78 is 182. The molecule has 0 bridgehead atoms. The van der Waals surface area contributed by atoms with Gasteiger partial charge in [-0.2, -0.15) is 50.5 Å². The normalized spacial score (nSPS) is 13.8. The van der Waals surface area contributed by atoms with Gasteiger partial charge in [-0.15, -0.1) is 0 Å². The highest BCUT2D eigenvalue weighted by Crippen LogP contribution is 2.20. The highest BCUT2D eigenvalue weighted by Gasteiger charge is 2.20. The molecule has 0 aromatic rings. The van der Waals surface area contributed by atoms with Gasteiger partial charge >= 0.3 is 0 Å². The molecule has 0 heterocycles. The molecule has 104 heavy (non-hydrogen) atoms. The molecule has 0 rings (SSSR count). The van der Waals surface area contributed by atoms with Crippen molar-refractivity contribution < 1.29 is 77.8 Å². The molecular weight excluding hydrogens is 1440 g/mol. The lowest BCUT2D eigenvalue weighted by Gasteiger charge is -2.07. The molecule has 0 saturated heterocycles. The van der Waals surface area contributed by atoms with Crippen molar-refractivity contribution in [2.24, 2.45) is 0 Å². The molecule has 0 aliphatic heterocycles. The minimum atomic E-state index is -3.82. The monoisotopic (exact) mass is 1610 g/mol. The number of unbranched alkanes of at least 4 members (excludes halogenated alkanes) is 50. The van der Waals surface area contributed by atoms with Gasteiger partial charge in [-0.25, -0.2) is 0 Å². The minimum absolute atomic E-state index is 0.574. The van der Waals surface area contributed by atoms with Crippen molar-refractivity contribution in [1.29, 1.82) is 0 Å². The molecule has 6 N–H and O–H groups in total. The Hall–Kier alpha value is -0.540. The average molecular weight is 1610 g/mol. The van der Waals surface area contributed by atoms with Crippen molar-refractivity contribution in [1.82, 2.24) is 0 Å². The van der Waals surface area contributed by atoms with Gasteiger partial charge in [-0.05, 0) is 80.1 Å². The Morgan fingerprint density at radius 1 is 0.144 bits per heavy atom. The quantitative estimate of drug-likeness (QED) is 0.0243. The van der Waals surface area contributed by atoms with E-state index in [0.29, 0.717) is 38.5 Å². The zero-order chi connectivity index (χ0) is 80.3. The van der Waals surface area contributed by atoms with E-state index in [1.54, 1.807) is 41.5 Å². The maximum Gasteiger partial charge on any atom is 0.267 e. The Morgan fingerprint density at radius 3 is 0.279 bits per heavy atom. The lowest BCUT2D eigenvalue weighted by Crippen LogP contribution is -2.16. The van der Waals surface area contributed by atoms with Crippen LogP contribution in [0, 0.1) is 0 Å². The Morgan fingerprint density at radius 2 is 0.212 bits per heavy atom. The van der Waals surface area contributed by atoms with Gasteiger partial charge in [0.25, 0.3) is 60.7 Å². The van der Waals surface area contributed by atoms with Crippen molar-refractivity contribution in [3.05, 3.63) is 0 Å². The second-order valence-corrected chi connectivity index (χ2v) is 41.4. The Bertz CT molecular complexity index is 2460. The lowest BCUT2D eigenvalue weighted by atomic mass is 10.0. The summed E-state index contributed by atoms with van der Waals surface area (Å²) in [6.07, 6.45) is 72.5. The topological polar surface area (TPSA) is 326 Å². The molecule has 6 atom stereocenters. The maximum atomic E-state index is 10.8. The van der Waals surface area contributed by atoms with Crippen LogP contribution in [-0.2, 0) is 60.7 Å². The van der Waals surface area contributed by atoms with Crippen LogP contribution < -0.4 is 0 Å². The number of rotatable bonds is 68. The van der Waals surface area contributed by atoms with Crippen LogP contribution in [0.1, 0.15) is 481 Å². The molecule has 24 heteroatoms. The number of hydrogen-bond donors (Lipinski definition) is 6. The molecule has 18 nitrogen and oxygen atoms in total. The van der Waals surface area contributed by atoms with Crippen LogP contribution in [0.15, 0.2) is 0 Å². The fourth-order valence-corrected chi connectivity index (χ4v) is 14.5. The fraction of sp³-hybridized carbons (Fsp3) is 1.00. The van der Waals surface area contributed by atoms with E-state index in [9.17, 15) is 50.5 Å². The molecule has 0 fully saturated rings. The third kappa shape index (κ3) is 95.7. The molecule has 0 aromatic carbocycles. The van der Waals surface area contributed by atoms with Gasteiger partial charge in [0.1, 0.15) is 0 Å². The van der Waals surface area contributed by atoms with E-state index in [4.69, 9.17) is 27.3 Å². The van der Waals surface area contributed by atoms with Crippen molar-refractivity contribution in [3.63, 3.8) is 0 Å². The average Bonchev–Trinajstić information content (AvgIpc) is 0.976. The van der Waals surface area contributed by atoms with E-state index in [0.717, 1.165) is 77.0 Å². The first-order valence-electron chi connectivity index (χ1n) is 42.7. The van der Waals surface area contributed by atoms with Gasteiger partial charge in [-0.3, -0.25) is 27.3 Å². The van der Waals surface area contributed by atoms with Crippen LogP contribution in [-0.4, -0.2) is 109 Å². The van der Waals surface area contributed by atoms with E-state index < -0.39 is 92.2 Å². The molecule has 0 aliphatic rings. The Balaban J connectivity index is -0.000000278. The summed E-state index contributed by atoms with van der Waals surface area (Å²) in [6, 6.07) is 0. The van der Waals surface area contributed by atoms with Crippen molar-refractivity contribution in [2.75, 3.05) is 0 Å². The third-order valence-electron chi connectivity index (χ3n) is 19.8. The summed E-state index contributed by atoms with van der Waals surface area (Å²) in [5.74, 6) is 0. The minimum Gasteiger partial charge on any atom is -0.285 e. The summed E-state index contributed by atoms with van der Waals surface area (Å²) in [7, 11) is -22.9. The fourth-order valence-electron chi connectivity index (χ4n) is 11.7. The molecule has 6 unspecified atom stereocenters. The second-order valence-electron chi connectivity index (χ2n) is 30.4. The predicted molar refractivity (Wildman–Crippen MR) is 446 cm³/mol. The first-order valence-corrected chi connectivity index (χ1v) is 51.7. The molecule has 0 radical (unpaired) electrons. The van der Waals surface area contributed by atoms with Gasteiger partial charge in [0.05, 0.1) is 31.5 Å². The third-order valence-corrected chi connectivity index (χ3v) is 27.4. The SMILES string of the molecule is CCCCCCCCC(C)S(=O)(=O)O.CCCCCCCCCCC(C)S(=O)(=O)O.CCCCCCCCCCCC(C)S(=O)(=O)O.CCCCCCCCCCCCC(C)S(=O)(=O)O.CCCCCCCCCCCCCC(C)S(=O)(=O)O.CCCCCCCCCCCCCCC(C)S(=O)(=O)O. The van der Waals surface area contributed by atoms with Gasteiger partial charge in [-0.1, -0.05) is 401 Å². The first kappa shape index (κ1) is 114. The molecule has 0 spiro atoms. The first-order chi connectivity index (χ1) is 48.9. The van der Waals surface area contributed by atoms with Crippen LogP contribution in [0.2, 0.25) is 0 Å². The van der Waals surface area contributed by atoms with E-state index in [2.05, 4.69) is 41.5 Å². The Labute approximate surface area is 646 Å². The van der Waals surface area contributed by atoms with Gasteiger partial charge in [0.2, 0.25) is 0 Å². The molecular formula is C80H172O18S6. The van der Waals surface area contributed by atoms with Crippen LogP contribution >= 0.6 is 0 Å². The smallest absolute Gasteiger partial charge is 0.267 e. The highest BCUT2D eigenvalue weighted by atomic mass is 32.2. The molecule has 0 aromatic heterocycles. The van der Waals surface area contributed by atoms with E-state index in [1.807, 2.05) is 0 Å². The zero-order valence-corrected chi connectivity index (χ0v) is 74.2.